The van der Waals surface area contributed by atoms with E-state index in [-0.39, 0.29) is 22.5 Å². The van der Waals surface area contributed by atoms with Gasteiger partial charge < -0.3 is 15.5 Å². The van der Waals surface area contributed by atoms with Crippen LogP contribution in [0.5, 0.6) is 5.88 Å². The molecule has 1 heterocycles. The minimum absolute atomic E-state index is 0.0222. The molecule has 1 aromatic carbocycles. The summed E-state index contributed by atoms with van der Waals surface area (Å²) >= 11 is 0. The average molecular weight is 258 g/mol. The van der Waals surface area contributed by atoms with Crippen LogP contribution in [0.1, 0.15) is 12.5 Å². The van der Waals surface area contributed by atoms with Crippen LogP contribution in [0, 0.1) is 0 Å². The number of carbonyl (C=O) groups is 1. The Balaban J connectivity index is 2.64. The molecule has 0 radical (unpaired) electrons. The number of hydrogen-bond acceptors (Lipinski definition) is 3. The summed E-state index contributed by atoms with van der Waals surface area (Å²) < 4.78 is 43.1. The van der Waals surface area contributed by atoms with E-state index in [9.17, 15) is 18.0 Å². The van der Waals surface area contributed by atoms with Gasteiger partial charge in [-0.25, -0.2) is 0 Å². The van der Waals surface area contributed by atoms with Crippen LogP contribution in [0.2, 0.25) is 0 Å². The number of carbonyl (C=O) groups excluding carboxylic acids is 1. The van der Waals surface area contributed by atoms with Crippen molar-refractivity contribution in [2.45, 2.75) is 13.1 Å². The Bertz CT molecular complexity index is 617. The van der Waals surface area contributed by atoms with Crippen LogP contribution < -0.4 is 10.5 Å². The maximum absolute atomic E-state index is 12.8. The number of nitrogen functional groups attached to an aromatic ring is 1. The van der Waals surface area contributed by atoms with Gasteiger partial charge in [-0.15, -0.1) is 0 Å². The van der Waals surface area contributed by atoms with Gasteiger partial charge in [0.15, 0.2) is 0 Å². The molecule has 0 aliphatic rings. The first kappa shape index (κ1) is 12.3. The second-order valence-corrected chi connectivity index (χ2v) is 3.75. The van der Waals surface area contributed by atoms with Crippen LogP contribution in [0.25, 0.3) is 10.9 Å². The molecule has 0 saturated heterocycles. The van der Waals surface area contributed by atoms with Crippen molar-refractivity contribution in [3.63, 3.8) is 0 Å². The number of alkyl halides is 3. The number of nitrogens with two attached hydrogens (primary N) is 1. The monoisotopic (exact) mass is 258 g/mol. The van der Waals surface area contributed by atoms with Crippen molar-refractivity contribution < 1.29 is 22.7 Å². The van der Waals surface area contributed by atoms with Crippen molar-refractivity contribution in [1.82, 2.24) is 4.98 Å². The molecule has 18 heavy (non-hydrogen) atoms. The second kappa shape index (κ2) is 3.94. The standard InChI is InChI=1S/C11H9F3N2O2/c1-5(17)18-10-4-7-8(11(12,13)14)2-6(15)3-9(7)16-10/h2-4,16H,15H2,1H3. The van der Waals surface area contributed by atoms with Gasteiger partial charge in [0.1, 0.15) is 0 Å². The van der Waals surface area contributed by atoms with Gasteiger partial charge in [0, 0.05) is 24.1 Å². The molecule has 0 bridgehead atoms. The molecular weight excluding hydrogens is 249 g/mol. The lowest BCUT2D eigenvalue weighted by atomic mass is 10.1. The SMILES string of the molecule is CC(=O)Oc1cc2c(C(F)(F)F)cc(N)cc2[nH]1. The van der Waals surface area contributed by atoms with Crippen molar-refractivity contribution in [3.05, 3.63) is 23.8 Å². The van der Waals surface area contributed by atoms with Gasteiger partial charge in [-0.3, -0.25) is 4.79 Å². The summed E-state index contributed by atoms with van der Waals surface area (Å²) in [6.07, 6.45) is -4.52. The predicted octanol–water partition coefficient (Wildman–Crippen LogP) is 2.69. The number of aromatic amines is 1. The molecule has 0 unspecified atom stereocenters. The Labute approximate surface area is 99.5 Å². The van der Waals surface area contributed by atoms with E-state index >= 15 is 0 Å². The molecule has 0 amide bonds. The van der Waals surface area contributed by atoms with Crippen LogP contribution in [-0.2, 0) is 11.0 Å². The lowest BCUT2D eigenvalue weighted by molar-refractivity contribution is -0.136. The summed E-state index contributed by atoms with van der Waals surface area (Å²) in [6, 6.07) is 3.31. The lowest BCUT2D eigenvalue weighted by Crippen LogP contribution is -2.06. The zero-order valence-corrected chi connectivity index (χ0v) is 9.26. The molecular formula is C11H9F3N2O2. The Morgan fingerprint density at radius 1 is 1.33 bits per heavy atom. The first-order valence-corrected chi connectivity index (χ1v) is 4.95. The Hall–Kier alpha value is -2.18. The van der Waals surface area contributed by atoms with Gasteiger partial charge >= 0.3 is 12.1 Å². The zero-order chi connectivity index (χ0) is 13.5. The molecule has 0 spiro atoms. The zero-order valence-electron chi connectivity index (χ0n) is 9.26. The van der Waals surface area contributed by atoms with Crippen LogP contribution in [0.15, 0.2) is 18.2 Å². The highest BCUT2D eigenvalue weighted by atomic mass is 19.4. The molecule has 2 aromatic rings. The fourth-order valence-corrected chi connectivity index (χ4v) is 1.68. The van der Waals surface area contributed by atoms with Crippen LogP contribution in [-0.4, -0.2) is 11.0 Å². The third-order valence-corrected chi connectivity index (χ3v) is 2.29. The van der Waals surface area contributed by atoms with Gasteiger partial charge in [-0.05, 0) is 12.1 Å². The highest BCUT2D eigenvalue weighted by Gasteiger charge is 2.33. The van der Waals surface area contributed by atoms with E-state index in [1.165, 1.54) is 6.07 Å². The molecule has 0 fully saturated rings. The fourth-order valence-electron chi connectivity index (χ4n) is 1.68. The maximum atomic E-state index is 12.8. The largest absolute Gasteiger partial charge is 0.417 e. The van der Waals surface area contributed by atoms with Gasteiger partial charge in [-0.2, -0.15) is 13.2 Å². The third kappa shape index (κ3) is 2.24. The Kier molecular flexibility index (Phi) is 2.68. The smallest absolute Gasteiger partial charge is 0.410 e. The first-order valence-electron chi connectivity index (χ1n) is 4.95. The lowest BCUT2D eigenvalue weighted by Gasteiger charge is -2.08. The minimum Gasteiger partial charge on any atom is -0.410 e. The number of anilines is 1. The third-order valence-electron chi connectivity index (χ3n) is 2.29. The number of fused-ring (bicyclic) bond motifs is 1. The van der Waals surface area contributed by atoms with Gasteiger partial charge in [0.05, 0.1) is 11.1 Å². The summed E-state index contributed by atoms with van der Waals surface area (Å²) in [6.45, 7) is 1.16. The van der Waals surface area contributed by atoms with E-state index in [2.05, 4.69) is 4.98 Å². The normalized spacial score (nSPS) is 11.8. The van der Waals surface area contributed by atoms with E-state index in [1.54, 1.807) is 0 Å². The molecule has 0 aliphatic carbocycles. The summed E-state index contributed by atoms with van der Waals surface area (Å²) in [5.74, 6) is -0.670. The number of H-pyrrole nitrogens is 1. The van der Waals surface area contributed by atoms with Gasteiger partial charge in [0.25, 0.3) is 0 Å². The topological polar surface area (TPSA) is 68.1 Å². The van der Waals surface area contributed by atoms with E-state index in [1.807, 2.05) is 0 Å². The number of nitrogens with one attached hydrogen (secondary N) is 1. The number of ether oxygens (including phenoxy) is 1. The maximum Gasteiger partial charge on any atom is 0.417 e. The van der Waals surface area contributed by atoms with Crippen LogP contribution in [0.3, 0.4) is 0 Å². The molecule has 0 saturated carbocycles. The summed E-state index contributed by atoms with van der Waals surface area (Å²) in [5, 5.41) is -0.0899. The molecule has 1 aromatic heterocycles. The summed E-state index contributed by atoms with van der Waals surface area (Å²) in [7, 11) is 0. The molecule has 96 valence electrons. The molecule has 7 heteroatoms. The Morgan fingerprint density at radius 2 is 2.00 bits per heavy atom. The summed E-state index contributed by atoms with van der Waals surface area (Å²) in [5.41, 5.74) is 4.68. The van der Waals surface area contributed by atoms with E-state index in [0.717, 1.165) is 19.1 Å². The number of rotatable bonds is 1. The molecule has 0 atom stereocenters. The van der Waals surface area contributed by atoms with Crippen molar-refractivity contribution >= 4 is 22.6 Å². The van der Waals surface area contributed by atoms with E-state index < -0.39 is 17.7 Å². The van der Waals surface area contributed by atoms with Crippen LogP contribution in [0.4, 0.5) is 18.9 Å². The quantitative estimate of drug-likeness (QED) is 0.610. The number of halogens is 3. The number of hydrogen-bond donors (Lipinski definition) is 2. The molecule has 3 N–H and O–H groups in total. The molecule has 0 aliphatic heterocycles. The Morgan fingerprint density at radius 3 is 2.56 bits per heavy atom. The van der Waals surface area contributed by atoms with Gasteiger partial charge in [0.2, 0.25) is 5.88 Å². The van der Waals surface area contributed by atoms with Crippen molar-refractivity contribution in [3.8, 4) is 5.88 Å². The highest BCUT2D eigenvalue weighted by Crippen LogP contribution is 2.37. The van der Waals surface area contributed by atoms with Crippen molar-refractivity contribution in [2.75, 3.05) is 5.73 Å². The fraction of sp³-hybridized carbons (Fsp3) is 0.182. The first-order chi connectivity index (χ1) is 8.27. The minimum atomic E-state index is -4.52. The highest BCUT2D eigenvalue weighted by molar-refractivity contribution is 5.89. The second-order valence-electron chi connectivity index (χ2n) is 3.75. The molecule has 4 nitrogen and oxygen atoms in total. The molecule has 2 rings (SSSR count). The van der Waals surface area contributed by atoms with E-state index in [4.69, 9.17) is 10.5 Å². The number of aromatic nitrogens is 1. The average Bonchev–Trinajstić information content (AvgIpc) is 2.55. The van der Waals surface area contributed by atoms with E-state index in [0.29, 0.717) is 0 Å². The number of benzene rings is 1. The van der Waals surface area contributed by atoms with Crippen molar-refractivity contribution in [1.29, 1.82) is 0 Å². The summed E-state index contributed by atoms with van der Waals surface area (Å²) in [4.78, 5) is 13.3. The van der Waals surface area contributed by atoms with Gasteiger partial charge in [-0.1, -0.05) is 0 Å². The van der Waals surface area contributed by atoms with Crippen LogP contribution >= 0.6 is 0 Å². The predicted molar refractivity (Wildman–Crippen MR) is 59.0 cm³/mol. The van der Waals surface area contributed by atoms with Crippen molar-refractivity contribution in [2.24, 2.45) is 0 Å². The number of esters is 1.